The monoisotopic (exact) mass is 216 g/mol. The maximum Gasteiger partial charge on any atom is 0.0727 e. The zero-order valence-corrected chi connectivity index (χ0v) is 9.68. The topological polar surface area (TPSA) is 38.5 Å². The SMILES string of the molecule is CCC1COCCN1CCCC(N)=S. The Morgan fingerprint density at radius 1 is 1.64 bits per heavy atom. The summed E-state index contributed by atoms with van der Waals surface area (Å²) in [6, 6.07) is 0.593. The zero-order valence-electron chi connectivity index (χ0n) is 8.87. The van der Waals surface area contributed by atoms with Gasteiger partial charge in [0, 0.05) is 12.6 Å². The van der Waals surface area contributed by atoms with Crippen molar-refractivity contribution in [2.24, 2.45) is 5.73 Å². The van der Waals surface area contributed by atoms with Crippen molar-refractivity contribution in [2.45, 2.75) is 32.2 Å². The summed E-state index contributed by atoms with van der Waals surface area (Å²) in [5.74, 6) is 0. The summed E-state index contributed by atoms with van der Waals surface area (Å²) in [7, 11) is 0. The third kappa shape index (κ3) is 3.90. The molecule has 1 fully saturated rings. The Bertz CT molecular complexity index is 187. The van der Waals surface area contributed by atoms with E-state index in [0.29, 0.717) is 11.0 Å². The lowest BCUT2D eigenvalue weighted by Crippen LogP contribution is -2.45. The Kier molecular flexibility index (Phi) is 5.37. The first-order valence-electron chi connectivity index (χ1n) is 5.34. The van der Waals surface area contributed by atoms with Gasteiger partial charge in [0.1, 0.15) is 0 Å². The summed E-state index contributed by atoms with van der Waals surface area (Å²) in [5.41, 5.74) is 5.46. The van der Waals surface area contributed by atoms with Crippen molar-refractivity contribution in [3.8, 4) is 0 Å². The lowest BCUT2D eigenvalue weighted by atomic mass is 10.1. The molecule has 0 aliphatic carbocycles. The summed E-state index contributed by atoms with van der Waals surface area (Å²) in [6.45, 7) is 6.10. The molecule has 4 heteroatoms. The molecule has 1 aliphatic heterocycles. The molecule has 3 nitrogen and oxygen atoms in total. The number of nitrogens with two attached hydrogens (primary N) is 1. The van der Waals surface area contributed by atoms with Gasteiger partial charge in [-0.05, 0) is 25.8 Å². The zero-order chi connectivity index (χ0) is 10.4. The highest BCUT2D eigenvalue weighted by Crippen LogP contribution is 2.10. The van der Waals surface area contributed by atoms with Crippen LogP contribution in [-0.4, -0.2) is 42.2 Å². The molecule has 0 radical (unpaired) electrons. The third-order valence-electron chi connectivity index (χ3n) is 2.69. The second-order valence-electron chi connectivity index (χ2n) is 3.74. The second-order valence-corrected chi connectivity index (χ2v) is 4.27. The minimum absolute atomic E-state index is 0.593. The van der Waals surface area contributed by atoms with Crippen molar-refractivity contribution in [3.63, 3.8) is 0 Å². The average Bonchev–Trinajstić information content (AvgIpc) is 2.18. The number of morpholine rings is 1. The van der Waals surface area contributed by atoms with Gasteiger partial charge in [0.25, 0.3) is 0 Å². The first-order valence-corrected chi connectivity index (χ1v) is 5.75. The predicted octanol–water partition coefficient (Wildman–Crippen LogP) is 1.16. The molecule has 14 heavy (non-hydrogen) atoms. The molecule has 0 aromatic rings. The van der Waals surface area contributed by atoms with E-state index >= 15 is 0 Å². The number of hydrogen-bond acceptors (Lipinski definition) is 3. The fraction of sp³-hybridized carbons (Fsp3) is 0.900. The Balaban J connectivity index is 2.22. The van der Waals surface area contributed by atoms with E-state index in [0.717, 1.165) is 45.6 Å². The molecule has 82 valence electrons. The molecule has 0 bridgehead atoms. The molecular weight excluding hydrogens is 196 g/mol. The lowest BCUT2D eigenvalue weighted by Gasteiger charge is -2.34. The van der Waals surface area contributed by atoms with E-state index < -0.39 is 0 Å². The molecule has 1 atom stereocenters. The highest BCUT2D eigenvalue weighted by Gasteiger charge is 2.20. The molecule has 1 rings (SSSR count). The van der Waals surface area contributed by atoms with Crippen LogP contribution in [0.1, 0.15) is 26.2 Å². The quantitative estimate of drug-likeness (QED) is 0.700. The molecule has 0 saturated carbocycles. The van der Waals surface area contributed by atoms with Gasteiger partial charge in [-0.3, -0.25) is 4.90 Å². The number of rotatable bonds is 5. The average molecular weight is 216 g/mol. The molecule has 1 unspecified atom stereocenters. The van der Waals surface area contributed by atoms with Crippen LogP contribution in [0, 0.1) is 0 Å². The van der Waals surface area contributed by atoms with Crippen LogP contribution >= 0.6 is 12.2 Å². The third-order valence-corrected chi connectivity index (χ3v) is 2.89. The number of hydrogen-bond donors (Lipinski definition) is 1. The van der Waals surface area contributed by atoms with Crippen molar-refractivity contribution < 1.29 is 4.74 Å². The number of thiocarbonyl (C=S) groups is 1. The van der Waals surface area contributed by atoms with E-state index in [1.165, 1.54) is 0 Å². The molecule has 2 N–H and O–H groups in total. The summed E-state index contributed by atoms with van der Waals surface area (Å²) < 4.78 is 5.44. The Morgan fingerprint density at radius 3 is 3.07 bits per heavy atom. The van der Waals surface area contributed by atoms with E-state index in [-0.39, 0.29) is 0 Å². The molecule has 0 aromatic heterocycles. The highest BCUT2D eigenvalue weighted by molar-refractivity contribution is 7.80. The van der Waals surface area contributed by atoms with Crippen molar-refractivity contribution in [1.82, 2.24) is 4.90 Å². The number of ether oxygens (including phenoxy) is 1. The molecular formula is C10H20N2OS. The van der Waals surface area contributed by atoms with Crippen molar-refractivity contribution in [3.05, 3.63) is 0 Å². The van der Waals surface area contributed by atoms with Crippen LogP contribution in [0.5, 0.6) is 0 Å². The fourth-order valence-corrected chi connectivity index (χ4v) is 1.96. The molecule has 0 aromatic carbocycles. The van der Waals surface area contributed by atoms with E-state index in [2.05, 4.69) is 11.8 Å². The van der Waals surface area contributed by atoms with Crippen LogP contribution < -0.4 is 5.73 Å². The molecule has 1 aliphatic rings. The summed E-state index contributed by atoms with van der Waals surface area (Å²) >= 11 is 4.85. The smallest absolute Gasteiger partial charge is 0.0727 e. The minimum Gasteiger partial charge on any atom is -0.393 e. The van der Waals surface area contributed by atoms with Crippen LogP contribution in [0.3, 0.4) is 0 Å². The van der Waals surface area contributed by atoms with Crippen molar-refractivity contribution in [2.75, 3.05) is 26.3 Å². The first-order chi connectivity index (χ1) is 6.74. The Morgan fingerprint density at radius 2 is 2.43 bits per heavy atom. The standard InChI is InChI=1S/C10H20N2OS/c1-2-9-8-13-7-6-12(9)5-3-4-10(11)14/h9H,2-8H2,1H3,(H2,11,14). The summed E-state index contributed by atoms with van der Waals surface area (Å²) in [4.78, 5) is 3.12. The molecule has 0 spiro atoms. The molecule has 1 saturated heterocycles. The normalized spacial score (nSPS) is 23.6. The van der Waals surface area contributed by atoms with Crippen LogP contribution in [0.2, 0.25) is 0 Å². The van der Waals surface area contributed by atoms with Gasteiger partial charge >= 0.3 is 0 Å². The Labute approximate surface area is 91.6 Å². The van der Waals surface area contributed by atoms with Crippen LogP contribution in [0.15, 0.2) is 0 Å². The fourth-order valence-electron chi connectivity index (χ4n) is 1.82. The van der Waals surface area contributed by atoms with E-state index in [4.69, 9.17) is 22.7 Å². The first kappa shape index (κ1) is 11.9. The minimum atomic E-state index is 0.593. The van der Waals surface area contributed by atoms with Gasteiger partial charge in [0.15, 0.2) is 0 Å². The van der Waals surface area contributed by atoms with Crippen LogP contribution in [-0.2, 0) is 4.74 Å². The summed E-state index contributed by atoms with van der Waals surface area (Å²) in [5, 5.41) is 0. The number of nitrogens with zero attached hydrogens (tertiary/aromatic N) is 1. The van der Waals surface area contributed by atoms with Gasteiger partial charge in [-0.2, -0.15) is 0 Å². The molecule has 0 amide bonds. The van der Waals surface area contributed by atoms with E-state index in [9.17, 15) is 0 Å². The van der Waals surface area contributed by atoms with Gasteiger partial charge in [0.05, 0.1) is 18.2 Å². The maximum absolute atomic E-state index is 5.46. The van der Waals surface area contributed by atoms with Crippen molar-refractivity contribution in [1.29, 1.82) is 0 Å². The Hall–Kier alpha value is -0.190. The van der Waals surface area contributed by atoms with Gasteiger partial charge < -0.3 is 10.5 Å². The summed E-state index contributed by atoms with van der Waals surface area (Å²) in [6.07, 6.45) is 3.10. The van der Waals surface area contributed by atoms with Crippen molar-refractivity contribution >= 4 is 17.2 Å². The molecule has 1 heterocycles. The van der Waals surface area contributed by atoms with E-state index in [1.807, 2.05) is 0 Å². The van der Waals surface area contributed by atoms with Crippen LogP contribution in [0.25, 0.3) is 0 Å². The van der Waals surface area contributed by atoms with Gasteiger partial charge in [-0.25, -0.2) is 0 Å². The lowest BCUT2D eigenvalue weighted by molar-refractivity contribution is -0.00867. The van der Waals surface area contributed by atoms with Crippen LogP contribution in [0.4, 0.5) is 0 Å². The van der Waals surface area contributed by atoms with Gasteiger partial charge in [-0.15, -0.1) is 0 Å². The van der Waals surface area contributed by atoms with Gasteiger partial charge in [0.2, 0.25) is 0 Å². The largest absolute Gasteiger partial charge is 0.393 e. The highest BCUT2D eigenvalue weighted by atomic mass is 32.1. The maximum atomic E-state index is 5.46. The second kappa shape index (κ2) is 6.32. The predicted molar refractivity (Wildman–Crippen MR) is 62.5 cm³/mol. The van der Waals surface area contributed by atoms with Gasteiger partial charge in [-0.1, -0.05) is 19.1 Å². The van der Waals surface area contributed by atoms with E-state index in [1.54, 1.807) is 0 Å².